The van der Waals surface area contributed by atoms with Crippen LogP contribution in [0.25, 0.3) is 11.0 Å². The zero-order valence-electron chi connectivity index (χ0n) is 17.8. The monoisotopic (exact) mass is 463 g/mol. The first-order chi connectivity index (χ1) is 15.4. The highest BCUT2D eigenvalue weighted by molar-refractivity contribution is 7.96. The molecule has 32 heavy (non-hydrogen) atoms. The lowest BCUT2D eigenvalue weighted by molar-refractivity contribution is 0.146. The molecule has 1 saturated heterocycles. The third kappa shape index (κ3) is 4.33. The summed E-state index contributed by atoms with van der Waals surface area (Å²) in [6, 6.07) is 5.76. The molecule has 1 aliphatic heterocycles. The summed E-state index contributed by atoms with van der Waals surface area (Å²) in [6.07, 6.45) is 2.24. The molecule has 6 nitrogen and oxygen atoms in total. The molecule has 1 N–H and O–H groups in total. The first-order valence-electron chi connectivity index (χ1n) is 10.3. The average Bonchev–Trinajstić information content (AvgIpc) is 2.80. The van der Waals surface area contributed by atoms with Crippen LogP contribution in [0, 0.1) is 5.82 Å². The van der Waals surface area contributed by atoms with Crippen LogP contribution in [0.2, 0.25) is 0 Å². The summed E-state index contributed by atoms with van der Waals surface area (Å²) in [5.41, 5.74) is 0.576. The van der Waals surface area contributed by atoms with Crippen LogP contribution >= 0.6 is 11.9 Å². The molecule has 3 heterocycles. The molecule has 170 valence electrons. The molecule has 10 heteroatoms. The van der Waals surface area contributed by atoms with E-state index in [0.717, 1.165) is 32.0 Å². The Morgan fingerprint density at radius 3 is 2.69 bits per heavy atom. The molecule has 0 unspecified atom stereocenters. The Hall–Kier alpha value is -2.59. The Bertz CT molecular complexity index is 1180. The molecule has 0 radical (unpaired) electrons. The molecule has 0 saturated carbocycles. The third-order valence-corrected chi connectivity index (χ3v) is 6.86. The lowest BCUT2D eigenvalue weighted by Gasteiger charge is -2.30. The SMILES string of the molecule is CSN1CCC(c2cc3c(NCc4cccc(C(F)F)c4F)ncnc3n(C)c2=O)CC1. The van der Waals surface area contributed by atoms with E-state index in [0.29, 0.717) is 22.4 Å². The van der Waals surface area contributed by atoms with E-state index >= 15 is 0 Å². The normalized spacial score (nSPS) is 15.6. The van der Waals surface area contributed by atoms with Gasteiger partial charge in [0.05, 0.1) is 10.9 Å². The van der Waals surface area contributed by atoms with Gasteiger partial charge in [0.15, 0.2) is 0 Å². The molecule has 0 atom stereocenters. The van der Waals surface area contributed by atoms with Gasteiger partial charge in [0.1, 0.15) is 23.6 Å². The minimum atomic E-state index is -2.88. The van der Waals surface area contributed by atoms with Crippen molar-refractivity contribution >= 4 is 28.8 Å². The smallest absolute Gasteiger partial charge is 0.266 e. The summed E-state index contributed by atoms with van der Waals surface area (Å²) in [7, 11) is 1.67. The van der Waals surface area contributed by atoms with E-state index in [4.69, 9.17) is 0 Å². The van der Waals surface area contributed by atoms with Crippen LogP contribution in [0.3, 0.4) is 0 Å². The number of aromatic nitrogens is 3. The number of nitrogens with one attached hydrogen (secondary N) is 1. The molecule has 0 bridgehead atoms. The van der Waals surface area contributed by atoms with Crippen molar-refractivity contribution in [1.29, 1.82) is 0 Å². The van der Waals surface area contributed by atoms with Gasteiger partial charge in [-0.05, 0) is 31.1 Å². The average molecular weight is 464 g/mol. The van der Waals surface area contributed by atoms with Gasteiger partial charge >= 0.3 is 0 Å². The van der Waals surface area contributed by atoms with Gasteiger partial charge in [0.25, 0.3) is 12.0 Å². The van der Waals surface area contributed by atoms with Crippen molar-refractivity contribution in [2.24, 2.45) is 7.05 Å². The fraction of sp³-hybridized carbons (Fsp3) is 0.409. The number of pyridine rings is 1. The molecule has 0 spiro atoms. The molecule has 0 amide bonds. The van der Waals surface area contributed by atoms with Gasteiger partial charge < -0.3 is 5.32 Å². The second kappa shape index (κ2) is 9.50. The Morgan fingerprint density at radius 1 is 1.25 bits per heavy atom. The van der Waals surface area contributed by atoms with Crippen LogP contribution in [0.5, 0.6) is 0 Å². The molecule has 3 aromatic rings. The fourth-order valence-corrected chi connectivity index (χ4v) is 4.74. The molecule has 1 aromatic carbocycles. The zero-order chi connectivity index (χ0) is 22.8. The number of benzene rings is 1. The highest BCUT2D eigenvalue weighted by Crippen LogP contribution is 2.31. The highest BCUT2D eigenvalue weighted by Gasteiger charge is 2.24. The van der Waals surface area contributed by atoms with E-state index < -0.39 is 17.8 Å². The summed E-state index contributed by atoms with van der Waals surface area (Å²) >= 11 is 1.71. The van der Waals surface area contributed by atoms with Crippen molar-refractivity contribution in [1.82, 2.24) is 18.8 Å². The summed E-state index contributed by atoms with van der Waals surface area (Å²) in [5.74, 6) is -0.369. The zero-order valence-corrected chi connectivity index (χ0v) is 18.6. The van der Waals surface area contributed by atoms with Crippen LogP contribution in [-0.2, 0) is 13.6 Å². The van der Waals surface area contributed by atoms with E-state index in [9.17, 15) is 18.0 Å². The maximum Gasteiger partial charge on any atom is 0.266 e. The van der Waals surface area contributed by atoms with E-state index in [2.05, 4.69) is 19.6 Å². The van der Waals surface area contributed by atoms with Gasteiger partial charge in [0, 0.05) is 37.8 Å². The molecular formula is C22H24F3N5OS. The first kappa shape index (κ1) is 22.6. The quantitative estimate of drug-likeness (QED) is 0.544. The van der Waals surface area contributed by atoms with Crippen LogP contribution in [0.1, 0.15) is 41.9 Å². The van der Waals surface area contributed by atoms with Gasteiger partial charge in [-0.15, -0.1) is 0 Å². The molecular weight excluding hydrogens is 439 g/mol. The Labute approximate surface area is 188 Å². The highest BCUT2D eigenvalue weighted by atomic mass is 32.2. The van der Waals surface area contributed by atoms with E-state index in [1.54, 1.807) is 19.0 Å². The van der Waals surface area contributed by atoms with E-state index in [1.807, 2.05) is 12.3 Å². The third-order valence-electron chi connectivity index (χ3n) is 5.97. The van der Waals surface area contributed by atoms with Crippen molar-refractivity contribution in [3.05, 3.63) is 63.5 Å². The van der Waals surface area contributed by atoms with Gasteiger partial charge in [-0.25, -0.2) is 23.1 Å². The predicted molar refractivity (Wildman–Crippen MR) is 121 cm³/mol. The van der Waals surface area contributed by atoms with Gasteiger partial charge in [-0.3, -0.25) is 13.7 Å². The lowest BCUT2D eigenvalue weighted by Crippen LogP contribution is -2.31. The van der Waals surface area contributed by atoms with Crippen molar-refractivity contribution < 1.29 is 13.2 Å². The van der Waals surface area contributed by atoms with Crippen molar-refractivity contribution in [2.75, 3.05) is 24.7 Å². The molecule has 4 rings (SSSR count). The number of anilines is 1. The number of nitrogens with zero attached hydrogens (tertiary/aromatic N) is 4. The lowest BCUT2D eigenvalue weighted by atomic mass is 9.90. The number of fused-ring (bicyclic) bond motifs is 1. The second-order valence-corrected chi connectivity index (χ2v) is 8.67. The van der Waals surface area contributed by atoms with Crippen LogP contribution in [0.4, 0.5) is 19.0 Å². The van der Waals surface area contributed by atoms with Crippen molar-refractivity contribution in [3.8, 4) is 0 Å². The number of alkyl halides is 2. The standard InChI is InChI=1S/C22H24F3N5OS/c1-29-21-17(10-16(22(29)31)13-6-8-30(32-2)9-7-13)20(27-12-28-21)26-11-14-4-3-5-15(18(14)23)19(24)25/h3-5,10,12-13,19H,6-9,11H2,1-2H3,(H,26,27,28). The Morgan fingerprint density at radius 2 is 2.00 bits per heavy atom. The minimum absolute atomic E-state index is 0.0250. The largest absolute Gasteiger partial charge is 0.365 e. The molecule has 0 aliphatic carbocycles. The summed E-state index contributed by atoms with van der Waals surface area (Å²) in [5, 5.41) is 3.68. The van der Waals surface area contributed by atoms with Crippen LogP contribution in [-0.4, -0.2) is 38.2 Å². The number of hydrogen-bond donors (Lipinski definition) is 1. The van der Waals surface area contributed by atoms with E-state index in [-0.39, 0.29) is 23.6 Å². The Balaban J connectivity index is 1.67. The first-order valence-corrected chi connectivity index (χ1v) is 11.5. The van der Waals surface area contributed by atoms with Crippen LogP contribution < -0.4 is 10.9 Å². The second-order valence-electron chi connectivity index (χ2n) is 7.78. The fourth-order valence-electron chi connectivity index (χ4n) is 4.16. The summed E-state index contributed by atoms with van der Waals surface area (Å²) in [4.78, 5) is 21.5. The molecule has 2 aromatic heterocycles. The molecule has 1 aliphatic rings. The summed E-state index contributed by atoms with van der Waals surface area (Å²) in [6.45, 7) is 1.79. The van der Waals surface area contributed by atoms with Crippen molar-refractivity contribution in [3.63, 3.8) is 0 Å². The maximum atomic E-state index is 14.4. The Kier molecular flexibility index (Phi) is 6.71. The summed E-state index contributed by atoms with van der Waals surface area (Å²) < 4.78 is 44.2. The predicted octanol–water partition coefficient (Wildman–Crippen LogP) is 4.47. The van der Waals surface area contributed by atoms with Crippen molar-refractivity contribution in [2.45, 2.75) is 31.7 Å². The number of rotatable bonds is 6. The number of hydrogen-bond acceptors (Lipinski definition) is 6. The number of piperidine rings is 1. The minimum Gasteiger partial charge on any atom is -0.365 e. The van der Waals surface area contributed by atoms with Crippen LogP contribution in [0.15, 0.2) is 35.4 Å². The molecule has 1 fully saturated rings. The number of halogens is 3. The van der Waals surface area contributed by atoms with Gasteiger partial charge in [-0.1, -0.05) is 30.1 Å². The van der Waals surface area contributed by atoms with Gasteiger partial charge in [-0.2, -0.15) is 0 Å². The van der Waals surface area contributed by atoms with Gasteiger partial charge in [0.2, 0.25) is 0 Å². The topological polar surface area (TPSA) is 63.0 Å². The number of aryl methyl sites for hydroxylation is 1. The maximum absolute atomic E-state index is 14.4. The van der Waals surface area contributed by atoms with E-state index in [1.165, 1.54) is 23.0 Å².